The van der Waals surface area contributed by atoms with Gasteiger partial charge in [0.05, 0.1) is 5.88 Å². The number of nitrogens with one attached hydrogen (secondary N) is 1. The van der Waals surface area contributed by atoms with E-state index in [0.29, 0.717) is 0 Å². The van der Waals surface area contributed by atoms with Crippen molar-refractivity contribution in [2.45, 2.75) is 13.3 Å². The molecule has 0 aliphatic carbocycles. The van der Waals surface area contributed by atoms with Gasteiger partial charge in [-0.25, -0.2) is 4.79 Å². The number of benzene rings is 1. The van der Waals surface area contributed by atoms with Gasteiger partial charge in [-0.05, 0) is 18.1 Å². The molecule has 1 aliphatic rings. The van der Waals surface area contributed by atoms with E-state index in [2.05, 4.69) is 12.2 Å². The molecule has 0 radical (unpaired) electrons. The van der Waals surface area contributed by atoms with Crippen LogP contribution in [0.1, 0.15) is 12.5 Å². The van der Waals surface area contributed by atoms with E-state index in [9.17, 15) is 4.79 Å². The Bertz CT molecular complexity index is 375. The zero-order valence-corrected chi connectivity index (χ0v) is 10.2. The molecule has 0 aromatic heterocycles. The first-order valence-electron chi connectivity index (χ1n) is 5.53. The Morgan fingerprint density at radius 1 is 1.50 bits per heavy atom. The summed E-state index contributed by atoms with van der Waals surface area (Å²) in [6.07, 6.45) is 0.936. The fourth-order valence-corrected chi connectivity index (χ4v) is 2.66. The number of urea groups is 1. The van der Waals surface area contributed by atoms with Crippen LogP contribution in [0.3, 0.4) is 0 Å². The van der Waals surface area contributed by atoms with Gasteiger partial charge in [0.1, 0.15) is 0 Å². The van der Waals surface area contributed by atoms with Crippen molar-refractivity contribution in [2.24, 2.45) is 0 Å². The molecule has 1 aromatic rings. The summed E-state index contributed by atoms with van der Waals surface area (Å²) in [5, 5.41) is 2.98. The zero-order chi connectivity index (χ0) is 11.4. The van der Waals surface area contributed by atoms with E-state index in [1.54, 1.807) is 11.8 Å². The molecule has 0 bridgehead atoms. The molecule has 86 valence electrons. The second-order valence-corrected chi connectivity index (χ2v) is 4.82. The second-order valence-electron chi connectivity index (χ2n) is 3.74. The van der Waals surface area contributed by atoms with Gasteiger partial charge in [-0.3, -0.25) is 0 Å². The van der Waals surface area contributed by atoms with Crippen LogP contribution in [0.2, 0.25) is 0 Å². The molecule has 0 atom stereocenters. The first-order valence-corrected chi connectivity index (χ1v) is 6.68. The number of aryl methyl sites for hydroxylation is 1. The summed E-state index contributed by atoms with van der Waals surface area (Å²) in [7, 11) is 0. The largest absolute Gasteiger partial charge is 0.322 e. The summed E-state index contributed by atoms with van der Waals surface area (Å²) in [5.74, 6) is 1.85. The van der Waals surface area contributed by atoms with Crippen molar-refractivity contribution < 1.29 is 4.79 Å². The van der Waals surface area contributed by atoms with E-state index in [1.165, 1.54) is 5.56 Å². The van der Waals surface area contributed by atoms with Gasteiger partial charge >= 0.3 is 6.03 Å². The fraction of sp³-hybridized carbons (Fsp3) is 0.417. The standard InChI is InChI=1S/C12H16N2OS/c1-2-10-5-3-4-6-11(10)13-12(15)14-7-8-16-9-14/h3-6H,2,7-9H2,1H3,(H,13,15). The molecule has 0 saturated carbocycles. The van der Waals surface area contributed by atoms with Crippen molar-refractivity contribution in [3.8, 4) is 0 Å². The third-order valence-corrected chi connectivity index (χ3v) is 3.65. The van der Waals surface area contributed by atoms with Gasteiger partial charge in [0.15, 0.2) is 0 Å². The van der Waals surface area contributed by atoms with Crippen LogP contribution in [0.5, 0.6) is 0 Å². The molecular formula is C12H16N2OS. The lowest BCUT2D eigenvalue weighted by Gasteiger charge is -2.17. The summed E-state index contributed by atoms with van der Waals surface area (Å²) in [6, 6.07) is 7.98. The van der Waals surface area contributed by atoms with Crippen LogP contribution in [-0.4, -0.2) is 29.1 Å². The predicted molar refractivity (Wildman–Crippen MR) is 68.9 cm³/mol. The number of hydrogen-bond donors (Lipinski definition) is 1. The fourth-order valence-electron chi connectivity index (χ4n) is 1.72. The third kappa shape index (κ3) is 2.50. The number of carbonyl (C=O) groups excluding carboxylic acids is 1. The number of carbonyl (C=O) groups is 1. The lowest BCUT2D eigenvalue weighted by Crippen LogP contribution is -2.32. The van der Waals surface area contributed by atoms with Gasteiger partial charge in [0.25, 0.3) is 0 Å². The lowest BCUT2D eigenvalue weighted by molar-refractivity contribution is 0.225. The van der Waals surface area contributed by atoms with E-state index < -0.39 is 0 Å². The van der Waals surface area contributed by atoms with Crippen LogP contribution in [0.25, 0.3) is 0 Å². The van der Waals surface area contributed by atoms with Crippen molar-refractivity contribution >= 4 is 23.5 Å². The van der Waals surface area contributed by atoms with E-state index in [-0.39, 0.29) is 6.03 Å². The molecule has 2 amide bonds. The van der Waals surface area contributed by atoms with Crippen molar-refractivity contribution in [1.82, 2.24) is 4.90 Å². The molecule has 16 heavy (non-hydrogen) atoms. The average Bonchev–Trinajstić information content (AvgIpc) is 2.83. The Hall–Kier alpha value is -1.16. The Kier molecular flexibility index (Phi) is 3.72. The van der Waals surface area contributed by atoms with Crippen LogP contribution >= 0.6 is 11.8 Å². The topological polar surface area (TPSA) is 32.3 Å². The number of para-hydroxylation sites is 1. The van der Waals surface area contributed by atoms with Crippen molar-refractivity contribution in [3.63, 3.8) is 0 Å². The summed E-state index contributed by atoms with van der Waals surface area (Å²) < 4.78 is 0. The summed E-state index contributed by atoms with van der Waals surface area (Å²) >= 11 is 1.80. The maximum Gasteiger partial charge on any atom is 0.322 e. The molecule has 1 heterocycles. The number of hydrogen-bond acceptors (Lipinski definition) is 2. The van der Waals surface area contributed by atoms with Gasteiger partial charge < -0.3 is 10.2 Å². The van der Waals surface area contributed by atoms with E-state index in [4.69, 9.17) is 0 Å². The predicted octanol–water partition coefficient (Wildman–Crippen LogP) is 2.79. The molecule has 1 fully saturated rings. The number of rotatable bonds is 2. The van der Waals surface area contributed by atoms with Gasteiger partial charge in [0.2, 0.25) is 0 Å². The van der Waals surface area contributed by atoms with Crippen molar-refractivity contribution in [3.05, 3.63) is 29.8 Å². The normalized spacial score (nSPS) is 15.2. The maximum atomic E-state index is 11.9. The van der Waals surface area contributed by atoms with E-state index >= 15 is 0 Å². The minimum atomic E-state index is 0.0194. The molecule has 1 N–H and O–H groups in total. The first kappa shape index (κ1) is 11.3. The Morgan fingerprint density at radius 2 is 2.31 bits per heavy atom. The summed E-state index contributed by atoms with van der Waals surface area (Å²) in [5.41, 5.74) is 2.12. The number of amides is 2. The van der Waals surface area contributed by atoms with Crippen molar-refractivity contribution in [2.75, 3.05) is 23.5 Å². The molecule has 2 rings (SSSR count). The lowest BCUT2D eigenvalue weighted by atomic mass is 10.1. The molecule has 0 spiro atoms. The SMILES string of the molecule is CCc1ccccc1NC(=O)N1CCSC1. The monoisotopic (exact) mass is 236 g/mol. The molecule has 1 saturated heterocycles. The molecule has 1 aromatic carbocycles. The highest BCUT2D eigenvalue weighted by molar-refractivity contribution is 7.99. The van der Waals surface area contributed by atoms with E-state index in [0.717, 1.165) is 30.3 Å². The van der Waals surface area contributed by atoms with Gasteiger partial charge in [0, 0.05) is 18.0 Å². The zero-order valence-electron chi connectivity index (χ0n) is 9.40. The minimum Gasteiger partial charge on any atom is -0.314 e. The highest BCUT2D eigenvalue weighted by Gasteiger charge is 2.18. The molecular weight excluding hydrogens is 220 g/mol. The molecule has 0 unspecified atom stereocenters. The Labute approximate surface area is 100 Å². The first-order chi connectivity index (χ1) is 7.81. The summed E-state index contributed by atoms with van der Waals surface area (Å²) in [6.45, 7) is 2.95. The number of anilines is 1. The average molecular weight is 236 g/mol. The van der Waals surface area contributed by atoms with Crippen LogP contribution in [0, 0.1) is 0 Å². The number of thioether (sulfide) groups is 1. The maximum absolute atomic E-state index is 11.9. The van der Waals surface area contributed by atoms with Gasteiger partial charge in [-0.1, -0.05) is 25.1 Å². The second kappa shape index (κ2) is 5.25. The smallest absolute Gasteiger partial charge is 0.314 e. The quantitative estimate of drug-likeness (QED) is 0.856. The minimum absolute atomic E-state index is 0.0194. The van der Waals surface area contributed by atoms with Crippen LogP contribution < -0.4 is 5.32 Å². The highest BCUT2D eigenvalue weighted by atomic mass is 32.2. The molecule has 1 aliphatic heterocycles. The van der Waals surface area contributed by atoms with Gasteiger partial charge in [-0.15, -0.1) is 11.8 Å². The van der Waals surface area contributed by atoms with Crippen LogP contribution in [0.4, 0.5) is 10.5 Å². The Morgan fingerprint density at radius 3 is 3.00 bits per heavy atom. The summed E-state index contributed by atoms with van der Waals surface area (Å²) in [4.78, 5) is 13.7. The van der Waals surface area contributed by atoms with Gasteiger partial charge in [-0.2, -0.15) is 0 Å². The highest BCUT2D eigenvalue weighted by Crippen LogP contribution is 2.18. The molecule has 4 heteroatoms. The van der Waals surface area contributed by atoms with E-state index in [1.807, 2.05) is 29.2 Å². The van der Waals surface area contributed by atoms with Crippen LogP contribution in [0.15, 0.2) is 24.3 Å². The van der Waals surface area contributed by atoms with Crippen LogP contribution in [-0.2, 0) is 6.42 Å². The van der Waals surface area contributed by atoms with Crippen molar-refractivity contribution in [1.29, 1.82) is 0 Å². The number of nitrogens with zero attached hydrogens (tertiary/aromatic N) is 1. The Balaban J connectivity index is 2.05. The molecule has 3 nitrogen and oxygen atoms in total. The third-order valence-electron chi connectivity index (χ3n) is 2.68.